The van der Waals surface area contributed by atoms with Gasteiger partial charge in [0, 0.05) is 27.7 Å². The number of aryl methyl sites for hydroxylation is 2. The molecule has 0 aliphatic carbocycles. The van der Waals surface area contributed by atoms with E-state index in [4.69, 9.17) is 5.73 Å². The van der Waals surface area contributed by atoms with E-state index in [-0.39, 0.29) is 6.04 Å². The van der Waals surface area contributed by atoms with Crippen LogP contribution in [0.25, 0.3) is 0 Å². The lowest BCUT2D eigenvalue weighted by Crippen LogP contribution is -2.09. The molecule has 2 aromatic rings. The third-order valence-electron chi connectivity index (χ3n) is 2.56. The monoisotopic (exact) mass is 232 g/mol. The highest BCUT2D eigenvalue weighted by Crippen LogP contribution is 2.24. The van der Waals surface area contributed by atoms with Crippen molar-refractivity contribution in [2.45, 2.75) is 25.8 Å². The number of rotatable bonds is 4. The van der Waals surface area contributed by atoms with E-state index in [0.29, 0.717) is 0 Å². The number of aromatic nitrogens is 1. The average Bonchev–Trinajstić information content (AvgIpc) is 2.74. The Hall–Kier alpha value is -1.19. The van der Waals surface area contributed by atoms with Crippen molar-refractivity contribution < 1.29 is 0 Å². The fourth-order valence-electron chi connectivity index (χ4n) is 1.64. The summed E-state index contributed by atoms with van der Waals surface area (Å²) in [4.78, 5) is 6.89. The Morgan fingerprint density at radius 1 is 1.31 bits per heavy atom. The maximum absolute atomic E-state index is 6.14. The van der Waals surface area contributed by atoms with Crippen LogP contribution < -0.4 is 5.73 Å². The number of hydrogen-bond acceptors (Lipinski definition) is 3. The van der Waals surface area contributed by atoms with Gasteiger partial charge in [-0.25, -0.2) is 0 Å². The minimum absolute atomic E-state index is 0.140. The smallest absolute Gasteiger partial charge is 0.0404 e. The molecule has 0 aliphatic heterocycles. The van der Waals surface area contributed by atoms with Crippen molar-refractivity contribution in [3.8, 4) is 0 Å². The molecular formula is C13H16N2S. The Bertz CT molecular complexity index is 436. The lowest BCUT2D eigenvalue weighted by Gasteiger charge is -2.08. The van der Waals surface area contributed by atoms with Crippen LogP contribution in [-0.2, 0) is 6.42 Å². The van der Waals surface area contributed by atoms with Crippen LogP contribution in [0, 0.1) is 6.92 Å². The molecule has 0 aliphatic rings. The Labute approximate surface area is 100 Å². The Morgan fingerprint density at radius 3 is 2.81 bits per heavy atom. The highest BCUT2D eigenvalue weighted by atomic mass is 32.1. The first-order chi connectivity index (χ1) is 7.75. The van der Waals surface area contributed by atoms with Crippen molar-refractivity contribution in [2.24, 2.45) is 5.73 Å². The largest absolute Gasteiger partial charge is 0.323 e. The van der Waals surface area contributed by atoms with Gasteiger partial charge in [0.25, 0.3) is 0 Å². The van der Waals surface area contributed by atoms with E-state index in [1.54, 1.807) is 11.3 Å². The average molecular weight is 232 g/mol. The molecule has 2 N–H and O–H groups in total. The Morgan fingerprint density at radius 2 is 2.19 bits per heavy atom. The predicted octanol–water partition coefficient (Wildman–Crippen LogP) is 3.08. The molecule has 84 valence electrons. The minimum Gasteiger partial charge on any atom is -0.323 e. The molecule has 2 rings (SSSR count). The number of hydrogen-bond donors (Lipinski definition) is 1. The van der Waals surface area contributed by atoms with E-state index in [2.05, 4.69) is 24.0 Å². The number of nitrogens with two attached hydrogens (primary N) is 1. The first-order valence-electron chi connectivity index (χ1n) is 5.47. The van der Waals surface area contributed by atoms with Gasteiger partial charge in [0.05, 0.1) is 0 Å². The molecule has 1 atom stereocenters. The van der Waals surface area contributed by atoms with Crippen molar-refractivity contribution in [3.05, 3.63) is 52.0 Å². The lowest BCUT2D eigenvalue weighted by atomic mass is 10.1. The van der Waals surface area contributed by atoms with Crippen LogP contribution in [0.5, 0.6) is 0 Å². The van der Waals surface area contributed by atoms with Crippen LogP contribution in [0.3, 0.4) is 0 Å². The summed E-state index contributed by atoms with van der Waals surface area (Å²) in [7, 11) is 0. The number of pyridine rings is 1. The van der Waals surface area contributed by atoms with Gasteiger partial charge >= 0.3 is 0 Å². The SMILES string of the molecule is Cc1ccc(C(N)CCc2ccccn2)s1. The summed E-state index contributed by atoms with van der Waals surface area (Å²) < 4.78 is 0. The van der Waals surface area contributed by atoms with Gasteiger partial charge in [-0.05, 0) is 44.0 Å². The molecule has 0 spiro atoms. The quantitative estimate of drug-likeness (QED) is 0.879. The molecule has 1 unspecified atom stereocenters. The van der Waals surface area contributed by atoms with Gasteiger partial charge in [-0.3, -0.25) is 4.98 Å². The van der Waals surface area contributed by atoms with Gasteiger partial charge in [-0.15, -0.1) is 11.3 Å². The molecule has 0 amide bonds. The van der Waals surface area contributed by atoms with E-state index in [0.717, 1.165) is 18.5 Å². The van der Waals surface area contributed by atoms with E-state index >= 15 is 0 Å². The zero-order valence-electron chi connectivity index (χ0n) is 9.39. The van der Waals surface area contributed by atoms with Gasteiger partial charge in [-0.2, -0.15) is 0 Å². The second-order valence-electron chi connectivity index (χ2n) is 3.91. The highest BCUT2D eigenvalue weighted by molar-refractivity contribution is 7.12. The summed E-state index contributed by atoms with van der Waals surface area (Å²) in [5.41, 5.74) is 7.26. The molecule has 2 nitrogen and oxygen atoms in total. The summed E-state index contributed by atoms with van der Waals surface area (Å²) in [6, 6.07) is 10.4. The predicted molar refractivity (Wildman–Crippen MR) is 68.5 cm³/mol. The second kappa shape index (κ2) is 5.23. The molecule has 0 bridgehead atoms. The molecule has 2 aromatic heterocycles. The van der Waals surface area contributed by atoms with E-state index < -0.39 is 0 Å². The maximum atomic E-state index is 6.14. The molecule has 0 radical (unpaired) electrons. The van der Waals surface area contributed by atoms with Crippen LogP contribution in [-0.4, -0.2) is 4.98 Å². The van der Waals surface area contributed by atoms with Crippen LogP contribution >= 0.6 is 11.3 Å². The normalized spacial score (nSPS) is 12.6. The van der Waals surface area contributed by atoms with Gasteiger partial charge in [0.15, 0.2) is 0 Å². The van der Waals surface area contributed by atoms with Crippen LogP contribution in [0.2, 0.25) is 0 Å². The molecular weight excluding hydrogens is 216 g/mol. The van der Waals surface area contributed by atoms with Crippen molar-refractivity contribution in [3.63, 3.8) is 0 Å². The first kappa shape index (κ1) is 11.3. The van der Waals surface area contributed by atoms with E-state index in [1.807, 2.05) is 24.4 Å². The summed E-state index contributed by atoms with van der Waals surface area (Å²) in [5.74, 6) is 0. The fourth-order valence-corrected chi connectivity index (χ4v) is 2.56. The third kappa shape index (κ3) is 2.90. The molecule has 0 saturated heterocycles. The molecule has 2 heterocycles. The van der Waals surface area contributed by atoms with E-state index in [9.17, 15) is 0 Å². The molecule has 0 aromatic carbocycles. The van der Waals surface area contributed by atoms with Crippen LogP contribution in [0.4, 0.5) is 0 Å². The number of thiophene rings is 1. The topological polar surface area (TPSA) is 38.9 Å². The fraction of sp³-hybridized carbons (Fsp3) is 0.308. The Kier molecular flexibility index (Phi) is 3.70. The van der Waals surface area contributed by atoms with E-state index in [1.165, 1.54) is 9.75 Å². The third-order valence-corrected chi connectivity index (χ3v) is 3.70. The van der Waals surface area contributed by atoms with Crippen molar-refractivity contribution in [1.29, 1.82) is 0 Å². The van der Waals surface area contributed by atoms with Crippen LogP contribution in [0.1, 0.15) is 27.9 Å². The Balaban J connectivity index is 1.91. The lowest BCUT2D eigenvalue weighted by molar-refractivity contribution is 0.654. The van der Waals surface area contributed by atoms with Gasteiger partial charge in [0.2, 0.25) is 0 Å². The number of nitrogens with zero attached hydrogens (tertiary/aromatic N) is 1. The first-order valence-corrected chi connectivity index (χ1v) is 6.29. The molecule has 16 heavy (non-hydrogen) atoms. The summed E-state index contributed by atoms with van der Waals surface area (Å²) >= 11 is 1.79. The van der Waals surface area contributed by atoms with Gasteiger partial charge < -0.3 is 5.73 Å². The molecule has 3 heteroatoms. The second-order valence-corrected chi connectivity index (χ2v) is 5.23. The van der Waals surface area contributed by atoms with Crippen LogP contribution in [0.15, 0.2) is 36.5 Å². The van der Waals surface area contributed by atoms with Gasteiger partial charge in [-0.1, -0.05) is 6.07 Å². The molecule has 0 fully saturated rings. The van der Waals surface area contributed by atoms with Crippen molar-refractivity contribution >= 4 is 11.3 Å². The summed E-state index contributed by atoms with van der Waals surface area (Å²) in [6.45, 7) is 2.11. The maximum Gasteiger partial charge on any atom is 0.0404 e. The standard InChI is InChI=1S/C13H16N2S/c1-10-5-8-13(16-10)12(14)7-6-11-4-2-3-9-15-11/h2-5,8-9,12H,6-7,14H2,1H3. The zero-order chi connectivity index (χ0) is 11.4. The summed E-state index contributed by atoms with van der Waals surface area (Å²) in [6.07, 6.45) is 3.73. The zero-order valence-corrected chi connectivity index (χ0v) is 10.2. The van der Waals surface area contributed by atoms with Crippen molar-refractivity contribution in [2.75, 3.05) is 0 Å². The van der Waals surface area contributed by atoms with Gasteiger partial charge in [0.1, 0.15) is 0 Å². The minimum atomic E-state index is 0.140. The van der Waals surface area contributed by atoms with Crippen molar-refractivity contribution in [1.82, 2.24) is 4.98 Å². The molecule has 0 saturated carbocycles. The summed E-state index contributed by atoms with van der Waals surface area (Å²) in [5, 5.41) is 0. The highest BCUT2D eigenvalue weighted by Gasteiger charge is 2.08.